The van der Waals surface area contributed by atoms with Gasteiger partial charge in [0.15, 0.2) is 15.0 Å². The number of thiophene rings is 1. The van der Waals surface area contributed by atoms with Gasteiger partial charge in [-0.1, -0.05) is 17.8 Å². The summed E-state index contributed by atoms with van der Waals surface area (Å²) in [6.45, 7) is 0. The third kappa shape index (κ3) is 4.52. The van der Waals surface area contributed by atoms with Crippen molar-refractivity contribution in [1.29, 1.82) is 0 Å². The topological polar surface area (TPSA) is 89.0 Å². The highest BCUT2D eigenvalue weighted by Crippen LogP contribution is 2.33. The summed E-state index contributed by atoms with van der Waals surface area (Å²) in [4.78, 5) is 22.8. The van der Waals surface area contributed by atoms with E-state index in [1.165, 1.54) is 17.3 Å². The van der Waals surface area contributed by atoms with E-state index in [0.717, 1.165) is 41.9 Å². The Morgan fingerprint density at radius 3 is 2.89 bits per heavy atom. The minimum absolute atomic E-state index is 0.0429. The van der Waals surface area contributed by atoms with E-state index in [4.69, 9.17) is 9.97 Å². The molecular weight excluding hydrogens is 402 g/mol. The van der Waals surface area contributed by atoms with E-state index in [1.54, 1.807) is 11.3 Å². The Balaban J connectivity index is 1.46. The highest BCUT2D eigenvalue weighted by atomic mass is 32.2. The van der Waals surface area contributed by atoms with Gasteiger partial charge in [-0.3, -0.25) is 4.79 Å². The number of carbonyl (C=O) groups excluding carboxylic acids is 1. The predicted octanol–water partition coefficient (Wildman–Crippen LogP) is 2.48. The number of aromatic nitrogens is 2. The van der Waals surface area contributed by atoms with Gasteiger partial charge in [-0.2, -0.15) is 0 Å². The first-order valence-corrected chi connectivity index (χ1v) is 12.7. The van der Waals surface area contributed by atoms with Crippen molar-refractivity contribution in [3.05, 3.63) is 28.8 Å². The average molecular weight is 424 g/mol. The van der Waals surface area contributed by atoms with E-state index in [1.807, 2.05) is 11.4 Å². The van der Waals surface area contributed by atoms with Crippen LogP contribution in [0.15, 0.2) is 22.7 Å². The van der Waals surface area contributed by atoms with Crippen LogP contribution in [-0.2, 0) is 27.5 Å². The lowest BCUT2D eigenvalue weighted by Gasteiger charge is -2.18. The molecule has 1 fully saturated rings. The van der Waals surface area contributed by atoms with Crippen molar-refractivity contribution in [3.63, 3.8) is 0 Å². The van der Waals surface area contributed by atoms with Gasteiger partial charge in [0.25, 0.3) is 0 Å². The van der Waals surface area contributed by atoms with E-state index in [-0.39, 0.29) is 29.2 Å². The summed E-state index contributed by atoms with van der Waals surface area (Å²) in [7, 11) is -2.99. The largest absolute Gasteiger partial charge is 0.352 e. The molecule has 2 aliphatic rings. The number of hydrogen-bond donors (Lipinski definition) is 1. The standard InChI is InChI=1S/C18H21N3O3S3/c22-16(19-12-7-9-27(23,24)11-12)10-26-18-20-14-5-2-1-4-13(14)17(21-18)15-6-3-8-25-15/h3,6,8,12H,1-2,4-5,7,9-11H2,(H,19,22). The predicted molar refractivity (Wildman–Crippen MR) is 108 cm³/mol. The summed E-state index contributed by atoms with van der Waals surface area (Å²) in [5.74, 6) is 0.227. The number of amides is 1. The van der Waals surface area contributed by atoms with Crippen LogP contribution in [0.3, 0.4) is 0 Å². The molecule has 27 heavy (non-hydrogen) atoms. The smallest absolute Gasteiger partial charge is 0.230 e. The maximum Gasteiger partial charge on any atom is 0.230 e. The van der Waals surface area contributed by atoms with Gasteiger partial charge in [0, 0.05) is 17.3 Å². The van der Waals surface area contributed by atoms with Gasteiger partial charge < -0.3 is 5.32 Å². The van der Waals surface area contributed by atoms with Gasteiger partial charge in [0.2, 0.25) is 5.91 Å². The molecule has 6 nitrogen and oxygen atoms in total. The number of carbonyl (C=O) groups is 1. The van der Waals surface area contributed by atoms with Crippen molar-refractivity contribution < 1.29 is 13.2 Å². The highest BCUT2D eigenvalue weighted by molar-refractivity contribution is 7.99. The lowest BCUT2D eigenvalue weighted by Crippen LogP contribution is -2.36. The molecule has 0 radical (unpaired) electrons. The zero-order valence-electron chi connectivity index (χ0n) is 14.8. The summed E-state index contributed by atoms with van der Waals surface area (Å²) < 4.78 is 23.0. The van der Waals surface area contributed by atoms with E-state index >= 15 is 0 Å². The van der Waals surface area contributed by atoms with Gasteiger partial charge in [0.05, 0.1) is 27.8 Å². The van der Waals surface area contributed by atoms with Crippen molar-refractivity contribution in [1.82, 2.24) is 15.3 Å². The van der Waals surface area contributed by atoms with Crippen LogP contribution in [0.25, 0.3) is 10.6 Å². The fourth-order valence-corrected chi connectivity index (χ4v) is 6.65. The van der Waals surface area contributed by atoms with E-state index in [2.05, 4.69) is 11.4 Å². The van der Waals surface area contributed by atoms with Gasteiger partial charge in [-0.05, 0) is 43.6 Å². The van der Waals surface area contributed by atoms with E-state index in [9.17, 15) is 13.2 Å². The second-order valence-electron chi connectivity index (χ2n) is 6.92. The molecule has 0 bridgehead atoms. The van der Waals surface area contributed by atoms with Crippen LogP contribution in [0.4, 0.5) is 0 Å². The molecule has 4 rings (SSSR count). The van der Waals surface area contributed by atoms with Crippen molar-refractivity contribution in [2.24, 2.45) is 0 Å². The molecule has 0 aromatic carbocycles. The number of nitrogens with one attached hydrogen (secondary N) is 1. The zero-order chi connectivity index (χ0) is 18.9. The highest BCUT2D eigenvalue weighted by Gasteiger charge is 2.29. The lowest BCUT2D eigenvalue weighted by molar-refractivity contribution is -0.119. The Kier molecular flexibility index (Phi) is 5.52. The van der Waals surface area contributed by atoms with E-state index in [0.29, 0.717) is 11.6 Å². The van der Waals surface area contributed by atoms with Crippen LogP contribution in [0, 0.1) is 0 Å². The Morgan fingerprint density at radius 1 is 1.30 bits per heavy atom. The Labute approximate surface area is 167 Å². The van der Waals surface area contributed by atoms with Crippen molar-refractivity contribution in [2.45, 2.75) is 43.3 Å². The molecular formula is C18H21N3O3S3. The van der Waals surface area contributed by atoms with Crippen LogP contribution in [0.5, 0.6) is 0 Å². The molecule has 1 unspecified atom stereocenters. The fourth-order valence-electron chi connectivity index (χ4n) is 3.56. The number of nitrogens with zero attached hydrogens (tertiary/aromatic N) is 2. The average Bonchev–Trinajstić information content (AvgIpc) is 3.29. The molecule has 1 amide bonds. The first kappa shape index (κ1) is 18.9. The van der Waals surface area contributed by atoms with Crippen molar-refractivity contribution in [3.8, 4) is 10.6 Å². The van der Waals surface area contributed by atoms with Crippen molar-refractivity contribution >= 4 is 38.8 Å². The number of rotatable bonds is 5. The molecule has 1 atom stereocenters. The Morgan fingerprint density at radius 2 is 2.15 bits per heavy atom. The Bertz CT molecular complexity index is 942. The van der Waals surface area contributed by atoms with Crippen LogP contribution < -0.4 is 5.32 Å². The number of hydrogen-bond acceptors (Lipinski definition) is 7. The van der Waals surface area contributed by atoms with Crippen LogP contribution in [0.2, 0.25) is 0 Å². The summed E-state index contributed by atoms with van der Waals surface area (Å²) >= 11 is 2.98. The van der Waals surface area contributed by atoms with Gasteiger partial charge >= 0.3 is 0 Å². The summed E-state index contributed by atoms with van der Waals surface area (Å²) in [6.07, 6.45) is 4.75. The fraction of sp³-hybridized carbons (Fsp3) is 0.500. The zero-order valence-corrected chi connectivity index (χ0v) is 17.3. The maximum absolute atomic E-state index is 12.2. The van der Waals surface area contributed by atoms with Gasteiger partial charge in [0.1, 0.15) is 0 Å². The number of sulfone groups is 1. The van der Waals surface area contributed by atoms with Gasteiger partial charge in [-0.15, -0.1) is 11.3 Å². The summed E-state index contributed by atoms with van der Waals surface area (Å²) in [6, 6.07) is 3.82. The molecule has 2 aromatic rings. The molecule has 0 saturated carbocycles. The number of fused-ring (bicyclic) bond motifs is 1. The SMILES string of the molecule is O=C(CSc1nc2c(c(-c3cccs3)n1)CCCC2)NC1CCS(=O)(=O)C1. The minimum Gasteiger partial charge on any atom is -0.352 e. The molecule has 2 aromatic heterocycles. The third-order valence-corrected chi connectivity index (χ3v) is 8.34. The summed E-state index contributed by atoms with van der Waals surface area (Å²) in [5.41, 5.74) is 3.35. The first-order valence-electron chi connectivity index (χ1n) is 9.06. The lowest BCUT2D eigenvalue weighted by atomic mass is 9.94. The second-order valence-corrected chi connectivity index (χ2v) is 11.0. The molecule has 1 aliphatic heterocycles. The molecule has 9 heteroatoms. The van der Waals surface area contributed by atoms with Crippen LogP contribution in [-0.4, -0.2) is 47.6 Å². The molecule has 1 N–H and O–H groups in total. The minimum atomic E-state index is -2.99. The molecule has 1 aliphatic carbocycles. The van der Waals surface area contributed by atoms with Crippen molar-refractivity contribution in [2.75, 3.05) is 17.3 Å². The second kappa shape index (κ2) is 7.89. The summed E-state index contributed by atoms with van der Waals surface area (Å²) in [5, 5.41) is 5.48. The van der Waals surface area contributed by atoms with Gasteiger partial charge in [-0.25, -0.2) is 18.4 Å². The first-order chi connectivity index (χ1) is 13.0. The Hall–Kier alpha value is -1.45. The van der Waals surface area contributed by atoms with Crippen LogP contribution >= 0.6 is 23.1 Å². The maximum atomic E-state index is 12.2. The number of thioether (sulfide) groups is 1. The normalized spacial score (nSPS) is 21.0. The molecule has 3 heterocycles. The monoisotopic (exact) mass is 423 g/mol. The molecule has 0 spiro atoms. The molecule has 1 saturated heterocycles. The quantitative estimate of drug-likeness (QED) is 0.587. The third-order valence-electron chi connectivity index (χ3n) is 4.85. The van der Waals surface area contributed by atoms with E-state index < -0.39 is 9.84 Å². The number of aryl methyl sites for hydroxylation is 1. The molecule has 144 valence electrons. The van der Waals surface area contributed by atoms with Crippen LogP contribution in [0.1, 0.15) is 30.5 Å².